The average Bonchev–Trinajstić information content (AvgIpc) is 2.34. The zero-order chi connectivity index (χ0) is 6.53. The summed E-state index contributed by atoms with van der Waals surface area (Å²) in [5.41, 5.74) is 1.09. The van der Waals surface area contributed by atoms with Crippen LogP contribution in [0.4, 0.5) is 0 Å². The number of nitrogens with one attached hydrogen (secondary N) is 1. The molecular formula is C6H11ClN2O. The van der Waals surface area contributed by atoms with E-state index in [0.29, 0.717) is 0 Å². The van der Waals surface area contributed by atoms with Crippen molar-refractivity contribution in [3.8, 4) is 0 Å². The minimum atomic E-state index is 0. The van der Waals surface area contributed by atoms with E-state index in [-0.39, 0.29) is 19.0 Å². The van der Waals surface area contributed by atoms with Crippen LogP contribution in [-0.2, 0) is 6.42 Å². The van der Waals surface area contributed by atoms with Gasteiger partial charge in [-0.1, -0.05) is 0 Å². The van der Waals surface area contributed by atoms with Gasteiger partial charge in [0, 0.05) is 18.5 Å². The SMILES string of the molecule is Cl.OCCCc1cnc[nH]1. The monoisotopic (exact) mass is 162 g/mol. The van der Waals surface area contributed by atoms with Crippen molar-refractivity contribution in [3.63, 3.8) is 0 Å². The quantitative estimate of drug-likeness (QED) is 0.690. The van der Waals surface area contributed by atoms with Crippen LogP contribution in [-0.4, -0.2) is 21.7 Å². The van der Waals surface area contributed by atoms with Crippen LogP contribution < -0.4 is 0 Å². The normalized spacial score (nSPS) is 8.90. The number of rotatable bonds is 3. The van der Waals surface area contributed by atoms with E-state index in [1.807, 2.05) is 0 Å². The Bertz CT molecular complexity index is 153. The summed E-state index contributed by atoms with van der Waals surface area (Å²) < 4.78 is 0. The molecule has 0 aliphatic heterocycles. The van der Waals surface area contributed by atoms with Crippen molar-refractivity contribution in [2.45, 2.75) is 12.8 Å². The first kappa shape index (κ1) is 9.46. The number of hydrogen-bond donors (Lipinski definition) is 2. The van der Waals surface area contributed by atoms with Crippen LogP contribution in [0.25, 0.3) is 0 Å². The number of aryl methyl sites for hydroxylation is 1. The standard InChI is InChI=1S/C6H10N2O.ClH/c9-3-1-2-6-4-7-5-8-6;/h4-5,9H,1-3H2,(H,7,8);1H. The molecule has 3 nitrogen and oxygen atoms in total. The van der Waals surface area contributed by atoms with Gasteiger partial charge in [0.25, 0.3) is 0 Å². The number of halogens is 1. The maximum atomic E-state index is 8.43. The summed E-state index contributed by atoms with van der Waals surface area (Å²) in [6.07, 6.45) is 5.11. The molecule has 1 aromatic heterocycles. The van der Waals surface area contributed by atoms with Gasteiger partial charge in [-0.3, -0.25) is 0 Å². The third-order valence-electron chi connectivity index (χ3n) is 1.16. The maximum absolute atomic E-state index is 8.43. The molecule has 0 bridgehead atoms. The Labute approximate surface area is 65.9 Å². The minimum absolute atomic E-state index is 0. The van der Waals surface area contributed by atoms with Crippen LogP contribution in [0.2, 0.25) is 0 Å². The molecule has 1 rings (SSSR count). The Hall–Kier alpha value is -0.540. The van der Waals surface area contributed by atoms with Crippen LogP contribution in [0.15, 0.2) is 12.5 Å². The third-order valence-corrected chi connectivity index (χ3v) is 1.16. The van der Waals surface area contributed by atoms with E-state index in [1.54, 1.807) is 12.5 Å². The van der Waals surface area contributed by atoms with Gasteiger partial charge in [-0.15, -0.1) is 12.4 Å². The lowest BCUT2D eigenvalue weighted by Gasteiger charge is -1.90. The minimum Gasteiger partial charge on any atom is -0.396 e. The second-order valence-corrected chi connectivity index (χ2v) is 1.90. The summed E-state index contributed by atoms with van der Waals surface area (Å²) in [6, 6.07) is 0. The molecule has 0 aliphatic carbocycles. The highest BCUT2D eigenvalue weighted by atomic mass is 35.5. The van der Waals surface area contributed by atoms with Gasteiger partial charge in [0.05, 0.1) is 6.33 Å². The average molecular weight is 163 g/mol. The number of imidazole rings is 1. The highest BCUT2D eigenvalue weighted by Gasteiger charge is 1.90. The molecule has 0 saturated heterocycles. The van der Waals surface area contributed by atoms with E-state index in [0.717, 1.165) is 18.5 Å². The molecule has 0 atom stereocenters. The lowest BCUT2D eigenvalue weighted by Crippen LogP contribution is -1.88. The lowest BCUT2D eigenvalue weighted by molar-refractivity contribution is 0.288. The van der Waals surface area contributed by atoms with Crippen LogP contribution in [0.3, 0.4) is 0 Å². The Kier molecular flexibility index (Phi) is 4.98. The topological polar surface area (TPSA) is 48.9 Å². The smallest absolute Gasteiger partial charge is 0.0921 e. The van der Waals surface area contributed by atoms with Crippen LogP contribution in [0, 0.1) is 0 Å². The summed E-state index contributed by atoms with van der Waals surface area (Å²) in [5.74, 6) is 0. The second-order valence-electron chi connectivity index (χ2n) is 1.90. The molecule has 0 radical (unpaired) electrons. The van der Waals surface area contributed by atoms with Crippen molar-refractivity contribution in [1.82, 2.24) is 9.97 Å². The van der Waals surface area contributed by atoms with Gasteiger partial charge in [-0.25, -0.2) is 4.98 Å². The highest BCUT2D eigenvalue weighted by molar-refractivity contribution is 5.85. The molecule has 0 saturated carbocycles. The Morgan fingerprint density at radius 2 is 2.40 bits per heavy atom. The summed E-state index contributed by atoms with van der Waals surface area (Å²) >= 11 is 0. The molecule has 0 spiro atoms. The Balaban J connectivity index is 0.000000810. The lowest BCUT2D eigenvalue weighted by atomic mass is 10.3. The summed E-state index contributed by atoms with van der Waals surface area (Å²) in [5, 5.41) is 8.43. The summed E-state index contributed by atoms with van der Waals surface area (Å²) in [6.45, 7) is 0.249. The van der Waals surface area contributed by atoms with E-state index in [4.69, 9.17) is 5.11 Å². The second kappa shape index (κ2) is 5.26. The van der Waals surface area contributed by atoms with Crippen molar-refractivity contribution in [2.24, 2.45) is 0 Å². The molecule has 0 aromatic carbocycles. The van der Waals surface area contributed by atoms with Crippen LogP contribution in [0.1, 0.15) is 12.1 Å². The molecular weight excluding hydrogens is 152 g/mol. The number of aliphatic hydroxyl groups is 1. The van der Waals surface area contributed by atoms with Gasteiger partial charge in [0.2, 0.25) is 0 Å². The number of aromatic nitrogens is 2. The first-order chi connectivity index (χ1) is 4.43. The molecule has 0 unspecified atom stereocenters. The number of H-pyrrole nitrogens is 1. The van der Waals surface area contributed by atoms with E-state index >= 15 is 0 Å². The molecule has 58 valence electrons. The highest BCUT2D eigenvalue weighted by Crippen LogP contribution is 1.94. The number of aliphatic hydroxyl groups excluding tert-OH is 1. The number of aromatic amines is 1. The van der Waals surface area contributed by atoms with Crippen molar-refractivity contribution < 1.29 is 5.11 Å². The largest absolute Gasteiger partial charge is 0.396 e. The fourth-order valence-electron chi connectivity index (χ4n) is 0.691. The molecule has 0 aliphatic rings. The summed E-state index contributed by atoms with van der Waals surface area (Å²) in [4.78, 5) is 6.79. The van der Waals surface area contributed by atoms with E-state index in [9.17, 15) is 0 Å². The fraction of sp³-hybridized carbons (Fsp3) is 0.500. The molecule has 1 heterocycles. The first-order valence-corrected chi connectivity index (χ1v) is 3.01. The molecule has 10 heavy (non-hydrogen) atoms. The van der Waals surface area contributed by atoms with E-state index in [1.165, 1.54) is 0 Å². The Morgan fingerprint density at radius 3 is 2.90 bits per heavy atom. The predicted molar refractivity (Wildman–Crippen MR) is 41.2 cm³/mol. The van der Waals surface area contributed by atoms with Crippen LogP contribution in [0.5, 0.6) is 0 Å². The predicted octanol–water partition coefficient (Wildman–Crippen LogP) is 0.756. The van der Waals surface area contributed by atoms with Gasteiger partial charge in [0.15, 0.2) is 0 Å². The van der Waals surface area contributed by atoms with Crippen molar-refractivity contribution >= 4 is 12.4 Å². The van der Waals surface area contributed by atoms with E-state index < -0.39 is 0 Å². The molecule has 4 heteroatoms. The fourth-order valence-corrected chi connectivity index (χ4v) is 0.691. The van der Waals surface area contributed by atoms with Crippen molar-refractivity contribution in [3.05, 3.63) is 18.2 Å². The molecule has 1 aromatic rings. The number of hydrogen-bond acceptors (Lipinski definition) is 2. The zero-order valence-corrected chi connectivity index (χ0v) is 6.40. The van der Waals surface area contributed by atoms with Gasteiger partial charge in [0.1, 0.15) is 0 Å². The van der Waals surface area contributed by atoms with E-state index in [2.05, 4.69) is 9.97 Å². The van der Waals surface area contributed by atoms with Crippen molar-refractivity contribution in [2.75, 3.05) is 6.61 Å². The summed E-state index contributed by atoms with van der Waals surface area (Å²) in [7, 11) is 0. The molecule has 0 amide bonds. The van der Waals surface area contributed by atoms with Gasteiger partial charge >= 0.3 is 0 Å². The number of nitrogens with zero attached hydrogens (tertiary/aromatic N) is 1. The van der Waals surface area contributed by atoms with Crippen molar-refractivity contribution in [1.29, 1.82) is 0 Å². The van der Waals surface area contributed by atoms with Crippen LogP contribution >= 0.6 is 12.4 Å². The van der Waals surface area contributed by atoms with Gasteiger partial charge < -0.3 is 10.1 Å². The Morgan fingerprint density at radius 1 is 1.60 bits per heavy atom. The zero-order valence-electron chi connectivity index (χ0n) is 5.58. The molecule has 2 N–H and O–H groups in total. The third kappa shape index (κ3) is 2.85. The maximum Gasteiger partial charge on any atom is 0.0921 e. The molecule has 0 fully saturated rings. The first-order valence-electron chi connectivity index (χ1n) is 3.01. The van der Waals surface area contributed by atoms with Gasteiger partial charge in [-0.05, 0) is 12.8 Å². The van der Waals surface area contributed by atoms with Gasteiger partial charge in [-0.2, -0.15) is 0 Å².